The number of pyridine rings is 1. The van der Waals surface area contributed by atoms with E-state index in [0.29, 0.717) is 27.3 Å². The van der Waals surface area contributed by atoms with E-state index >= 15 is 8.78 Å². The maximum atomic E-state index is 16.2. The number of anilines is 1. The summed E-state index contributed by atoms with van der Waals surface area (Å²) in [4.78, 5) is 16.8. The molecule has 4 atom stereocenters. The molecule has 3 fully saturated rings. The second-order valence-electron chi connectivity index (χ2n) is 16.8. The number of ether oxygens (including phenoxy) is 2. The lowest BCUT2D eigenvalue weighted by atomic mass is 9.78. The van der Waals surface area contributed by atoms with Crippen molar-refractivity contribution in [1.29, 1.82) is 0 Å². The van der Waals surface area contributed by atoms with Gasteiger partial charge in [0.25, 0.3) is 6.08 Å². The lowest BCUT2D eigenvalue weighted by Gasteiger charge is -2.39. The minimum absolute atomic E-state index is 0.121. The van der Waals surface area contributed by atoms with Crippen molar-refractivity contribution in [2.75, 3.05) is 51.3 Å². The van der Waals surface area contributed by atoms with Crippen molar-refractivity contribution in [1.82, 2.24) is 19.9 Å². The molecule has 2 saturated heterocycles. The molecule has 0 amide bonds. The number of phenols is 1. The molecule has 2 aromatic carbocycles. The van der Waals surface area contributed by atoms with E-state index in [4.69, 9.17) is 21.3 Å². The number of hydrogen-bond acceptors (Lipinski definition) is 8. The fraction of sp³-hybridized carbons (Fsp3) is 0.523. The molecule has 4 aromatic rings. The number of benzene rings is 2. The molecule has 13 heteroatoms. The van der Waals surface area contributed by atoms with Crippen LogP contribution in [0, 0.1) is 35.5 Å². The average Bonchev–Trinajstić information content (AvgIpc) is 3.87. The van der Waals surface area contributed by atoms with Crippen molar-refractivity contribution in [3.8, 4) is 34.5 Å². The Morgan fingerprint density at radius 3 is 2.56 bits per heavy atom. The summed E-state index contributed by atoms with van der Waals surface area (Å²) >= 11 is 0. The van der Waals surface area contributed by atoms with E-state index in [0.717, 1.165) is 4.90 Å². The Morgan fingerprint density at radius 1 is 1.14 bits per heavy atom. The van der Waals surface area contributed by atoms with Gasteiger partial charge in [-0.25, -0.2) is 8.78 Å². The normalized spacial score (nSPS) is 24.7. The molecule has 57 heavy (non-hydrogen) atoms. The minimum atomic E-state index is -3.01. The first kappa shape index (κ1) is 34.8. The molecular weight excluding hydrogens is 751 g/mol. The highest BCUT2D eigenvalue weighted by Crippen LogP contribution is 2.46. The number of nitrogens with zero attached hydrogens (tertiary/aromatic N) is 5. The maximum absolute atomic E-state index is 16.2. The summed E-state index contributed by atoms with van der Waals surface area (Å²) < 4.78 is 115. The van der Waals surface area contributed by atoms with Gasteiger partial charge in [-0.1, -0.05) is 60.5 Å². The fourth-order valence-corrected chi connectivity index (χ4v) is 14.6. The van der Waals surface area contributed by atoms with E-state index in [1.807, 2.05) is 0 Å². The second-order valence-corrected chi connectivity index (χ2v) is 22.4. The zero-order valence-electron chi connectivity index (χ0n) is 38.6. The van der Waals surface area contributed by atoms with Crippen LogP contribution in [0.2, 0.25) is 16.6 Å². The van der Waals surface area contributed by atoms with E-state index in [1.165, 1.54) is 31.3 Å². The van der Waals surface area contributed by atoms with E-state index in [1.54, 1.807) is 17.9 Å². The third kappa shape index (κ3) is 7.27. The quantitative estimate of drug-likeness (QED) is 0.107. The standard InChI is InChI=1S/C44H53F4N5O3Si/c1-24(2)57(25(3)4,26(5)6)17-13-30-35(45)11-10-28-18-29(54)19-31(36(28)30)38-27(7)39-32(20-49-38)42(53-15-16-55-21-33-37(46)40(33)53)51-43(50-39)56-23-44(8)22-52(9)14-12-34(44)41(47)48/h10-11,18-20,24-26,33,37,40,54H,12,14-16,21-23H2,1-9H3/t33-,37-,40-,44-/m0/s1/i9D3,23D2. The van der Waals surface area contributed by atoms with Crippen molar-refractivity contribution < 1.29 is 39.0 Å². The number of likely N-dealkylation sites (tertiary alicyclic amines) is 1. The highest BCUT2D eigenvalue weighted by atomic mass is 28.3. The first-order valence-electron chi connectivity index (χ1n) is 22.1. The van der Waals surface area contributed by atoms with Crippen LogP contribution in [0.1, 0.15) is 72.9 Å². The number of aryl methyl sites for hydroxylation is 1. The summed E-state index contributed by atoms with van der Waals surface area (Å²) in [5.74, 6) is 2.29. The van der Waals surface area contributed by atoms with Gasteiger partial charge in [0, 0.05) is 63.4 Å². The number of halogens is 4. The number of fused-ring (bicyclic) bond motifs is 3. The highest BCUT2D eigenvalue weighted by Gasteiger charge is 2.56. The number of hydrogen-bond donors (Lipinski definition) is 1. The lowest BCUT2D eigenvalue weighted by Crippen LogP contribution is -2.45. The third-order valence-corrected chi connectivity index (χ3v) is 18.7. The van der Waals surface area contributed by atoms with Gasteiger partial charge in [0.2, 0.25) is 0 Å². The molecule has 2 aliphatic heterocycles. The van der Waals surface area contributed by atoms with Crippen LogP contribution in [0.4, 0.5) is 23.4 Å². The molecule has 8 nitrogen and oxygen atoms in total. The van der Waals surface area contributed by atoms with Crippen LogP contribution in [-0.2, 0) is 4.74 Å². The van der Waals surface area contributed by atoms with E-state index in [2.05, 4.69) is 63.0 Å². The summed E-state index contributed by atoms with van der Waals surface area (Å²) in [6.45, 7) is 9.87. The van der Waals surface area contributed by atoms with Gasteiger partial charge in [0.15, 0.2) is 0 Å². The van der Waals surface area contributed by atoms with Crippen LogP contribution < -0.4 is 9.64 Å². The van der Waals surface area contributed by atoms with Crippen molar-refractivity contribution in [2.45, 2.75) is 90.6 Å². The Bertz CT molecular complexity index is 2490. The largest absolute Gasteiger partial charge is 0.508 e. The number of piperidine rings is 1. The van der Waals surface area contributed by atoms with Crippen molar-refractivity contribution >= 4 is 35.6 Å². The van der Waals surface area contributed by atoms with Crippen LogP contribution in [0.3, 0.4) is 0 Å². The van der Waals surface area contributed by atoms with Crippen LogP contribution in [0.25, 0.3) is 32.9 Å². The van der Waals surface area contributed by atoms with Gasteiger partial charge in [-0.05, 0) is 60.5 Å². The molecule has 4 heterocycles. The van der Waals surface area contributed by atoms with Gasteiger partial charge >= 0.3 is 6.01 Å². The molecule has 0 radical (unpaired) electrons. The minimum Gasteiger partial charge on any atom is -0.508 e. The van der Waals surface area contributed by atoms with Gasteiger partial charge in [0.1, 0.15) is 38.2 Å². The Morgan fingerprint density at radius 2 is 1.88 bits per heavy atom. The Hall–Kier alpha value is -4.25. The average molecular weight is 809 g/mol. The summed E-state index contributed by atoms with van der Waals surface area (Å²) in [6, 6.07) is 4.66. The zero-order chi connectivity index (χ0) is 45.4. The van der Waals surface area contributed by atoms with Gasteiger partial charge < -0.3 is 24.4 Å². The molecule has 0 spiro atoms. The van der Waals surface area contributed by atoms with Gasteiger partial charge in [-0.15, -0.1) is 5.54 Å². The molecule has 3 aliphatic rings. The molecule has 0 bridgehead atoms. The molecule has 1 N–H and O–H groups in total. The highest BCUT2D eigenvalue weighted by molar-refractivity contribution is 6.90. The molecule has 7 rings (SSSR count). The van der Waals surface area contributed by atoms with Gasteiger partial charge in [0.05, 0.1) is 44.2 Å². The Kier molecular flexibility index (Phi) is 9.45. The summed E-state index contributed by atoms with van der Waals surface area (Å²) in [6.07, 6.45) is -2.34. The summed E-state index contributed by atoms with van der Waals surface area (Å²) in [5.41, 5.74) is 2.98. The number of phenolic OH excluding ortho intramolecular Hbond substituents is 1. The Balaban J connectivity index is 1.45. The van der Waals surface area contributed by atoms with Crippen molar-refractivity contribution in [2.24, 2.45) is 11.3 Å². The van der Waals surface area contributed by atoms with Crippen molar-refractivity contribution in [3.63, 3.8) is 0 Å². The number of aromatic nitrogens is 3. The van der Waals surface area contributed by atoms with E-state index in [9.17, 15) is 13.9 Å². The van der Waals surface area contributed by atoms with E-state index in [-0.39, 0.29) is 71.3 Å². The predicted octanol–water partition coefficient (Wildman–Crippen LogP) is 9.61. The molecular formula is C44H53F4N5O3Si. The molecule has 2 aromatic heterocycles. The number of aromatic hydroxyl groups is 1. The maximum Gasteiger partial charge on any atom is 0.318 e. The number of rotatable bonds is 8. The first-order valence-corrected chi connectivity index (χ1v) is 21.8. The smallest absolute Gasteiger partial charge is 0.318 e. The van der Waals surface area contributed by atoms with Crippen molar-refractivity contribution in [3.05, 3.63) is 59.1 Å². The van der Waals surface area contributed by atoms with Crippen LogP contribution in [-0.4, -0.2) is 91.6 Å². The predicted molar refractivity (Wildman–Crippen MR) is 220 cm³/mol. The van der Waals surface area contributed by atoms with E-state index < -0.39 is 81.6 Å². The van der Waals surface area contributed by atoms with Gasteiger partial charge in [-0.2, -0.15) is 18.7 Å². The summed E-state index contributed by atoms with van der Waals surface area (Å²) in [5, 5.41) is 12.3. The first-order chi connectivity index (χ1) is 28.9. The summed E-state index contributed by atoms with van der Waals surface area (Å²) in [7, 11) is -2.35. The lowest BCUT2D eigenvalue weighted by molar-refractivity contribution is 0.104. The third-order valence-electron chi connectivity index (χ3n) is 12.4. The van der Waals surface area contributed by atoms with Crippen LogP contribution >= 0.6 is 0 Å². The SMILES string of the molecule is [2H]C([2H])([2H])N1CCC(=C(F)F)[C@](C)(C([2H])([2H])Oc2nc(N3CCOC[C@H]4[C@H](F)[C@H]43)c3cnc(-c4cc(O)cc5ccc(F)c(C#C[Si](C(C)C)(C(C)C)C(C)C)c45)c(C)c3n2)C1. The molecule has 304 valence electrons. The molecule has 1 saturated carbocycles. The molecule has 0 unspecified atom stereocenters. The van der Waals surface area contributed by atoms with Gasteiger partial charge in [-0.3, -0.25) is 4.98 Å². The second kappa shape index (κ2) is 15.5. The molecule has 1 aliphatic carbocycles. The van der Waals surface area contributed by atoms with Crippen LogP contribution in [0.15, 0.2) is 42.1 Å². The Labute approximate surface area is 340 Å². The fourth-order valence-electron chi connectivity index (χ4n) is 9.38. The van der Waals surface area contributed by atoms with Crippen LogP contribution in [0.5, 0.6) is 11.8 Å². The topological polar surface area (TPSA) is 83.8 Å². The number of alkyl halides is 1. The zero-order valence-corrected chi connectivity index (χ0v) is 34.6. The monoisotopic (exact) mass is 808 g/mol.